The highest BCUT2D eigenvalue weighted by Crippen LogP contribution is 2.23. The molecule has 0 bridgehead atoms. The van der Waals surface area contributed by atoms with Gasteiger partial charge in [-0.15, -0.1) is 5.10 Å². The van der Waals surface area contributed by atoms with Crippen LogP contribution >= 0.6 is 0 Å². The van der Waals surface area contributed by atoms with Crippen LogP contribution < -0.4 is 0 Å². The first-order valence-corrected chi connectivity index (χ1v) is 6.43. The molecule has 0 fully saturated rings. The molecular weight excluding hydrogens is 268 g/mol. The predicted molar refractivity (Wildman–Crippen MR) is 72.1 cm³/mol. The summed E-state index contributed by atoms with van der Waals surface area (Å²) in [5.41, 5.74) is 1.58. The van der Waals surface area contributed by atoms with E-state index in [4.69, 9.17) is 9.78 Å². The first-order chi connectivity index (χ1) is 10.3. The second kappa shape index (κ2) is 5.54. The lowest BCUT2D eigenvalue weighted by Crippen LogP contribution is -2.03. The van der Waals surface area contributed by atoms with Crippen LogP contribution in [-0.4, -0.2) is 25.1 Å². The Balaban J connectivity index is 1.80. The molecule has 0 aliphatic carbocycles. The third-order valence-corrected chi connectivity index (χ3v) is 3.15. The Hall–Kier alpha value is -3.01. The van der Waals surface area contributed by atoms with Crippen molar-refractivity contribution in [2.45, 2.75) is 19.4 Å². The molecule has 1 aromatic carbocycles. The van der Waals surface area contributed by atoms with Crippen molar-refractivity contribution in [3.8, 4) is 6.07 Å². The maximum atomic E-state index is 8.95. The standard InChI is InChI=1S/C14H12N6O/c1-10(12-4-2-3-11(7-12)8-15)14-17-13(18-21-14)9-20-6-5-16-19-20/h2-7,10H,9H2,1H3. The van der Waals surface area contributed by atoms with E-state index in [1.165, 1.54) is 0 Å². The van der Waals surface area contributed by atoms with Crippen LogP contribution in [0.2, 0.25) is 0 Å². The van der Waals surface area contributed by atoms with E-state index in [-0.39, 0.29) is 5.92 Å². The van der Waals surface area contributed by atoms with Gasteiger partial charge in [0.25, 0.3) is 0 Å². The summed E-state index contributed by atoms with van der Waals surface area (Å²) >= 11 is 0. The number of rotatable bonds is 4. The molecule has 3 aromatic rings. The van der Waals surface area contributed by atoms with Gasteiger partial charge >= 0.3 is 0 Å². The van der Waals surface area contributed by atoms with Crippen LogP contribution in [0.3, 0.4) is 0 Å². The summed E-state index contributed by atoms with van der Waals surface area (Å²) in [4.78, 5) is 4.37. The predicted octanol–water partition coefficient (Wildman–Crippen LogP) is 1.73. The van der Waals surface area contributed by atoms with E-state index in [1.807, 2.05) is 25.1 Å². The van der Waals surface area contributed by atoms with Crippen molar-refractivity contribution in [2.75, 3.05) is 0 Å². The summed E-state index contributed by atoms with van der Waals surface area (Å²) in [6.45, 7) is 2.37. The zero-order valence-electron chi connectivity index (χ0n) is 11.3. The summed E-state index contributed by atoms with van der Waals surface area (Å²) in [6, 6.07) is 9.49. The van der Waals surface area contributed by atoms with E-state index < -0.39 is 0 Å². The molecule has 0 aliphatic rings. The van der Waals surface area contributed by atoms with Crippen LogP contribution in [0, 0.1) is 11.3 Å². The molecule has 2 aromatic heterocycles. The van der Waals surface area contributed by atoms with Gasteiger partial charge in [-0.05, 0) is 24.6 Å². The number of nitriles is 1. The lowest BCUT2D eigenvalue weighted by Gasteiger charge is -2.06. The molecule has 7 nitrogen and oxygen atoms in total. The van der Waals surface area contributed by atoms with Gasteiger partial charge in [0, 0.05) is 6.20 Å². The van der Waals surface area contributed by atoms with Crippen molar-refractivity contribution in [3.05, 3.63) is 59.5 Å². The Morgan fingerprint density at radius 1 is 1.43 bits per heavy atom. The van der Waals surface area contributed by atoms with Gasteiger partial charge < -0.3 is 4.52 Å². The first-order valence-electron chi connectivity index (χ1n) is 6.43. The van der Waals surface area contributed by atoms with Crippen molar-refractivity contribution >= 4 is 0 Å². The number of hydrogen-bond donors (Lipinski definition) is 0. The number of benzene rings is 1. The van der Waals surface area contributed by atoms with Crippen LogP contribution in [0.15, 0.2) is 41.2 Å². The normalized spacial score (nSPS) is 12.0. The average molecular weight is 280 g/mol. The second-order valence-corrected chi connectivity index (χ2v) is 4.61. The Labute approximate surface area is 120 Å². The summed E-state index contributed by atoms with van der Waals surface area (Å²) < 4.78 is 6.92. The molecule has 0 saturated heterocycles. The fourth-order valence-electron chi connectivity index (χ4n) is 1.99. The highest BCUT2D eigenvalue weighted by molar-refractivity contribution is 5.35. The van der Waals surface area contributed by atoms with Crippen molar-refractivity contribution in [1.82, 2.24) is 25.1 Å². The van der Waals surface area contributed by atoms with Crippen molar-refractivity contribution in [1.29, 1.82) is 5.26 Å². The van der Waals surface area contributed by atoms with E-state index in [9.17, 15) is 0 Å². The lowest BCUT2D eigenvalue weighted by molar-refractivity contribution is 0.363. The fraction of sp³-hybridized carbons (Fsp3) is 0.214. The number of aromatic nitrogens is 5. The molecular formula is C14H12N6O. The maximum Gasteiger partial charge on any atom is 0.233 e. The molecule has 7 heteroatoms. The van der Waals surface area contributed by atoms with Crippen molar-refractivity contribution in [2.24, 2.45) is 0 Å². The molecule has 2 heterocycles. The van der Waals surface area contributed by atoms with Crippen LogP contribution in [0.4, 0.5) is 0 Å². The maximum absolute atomic E-state index is 8.95. The van der Waals surface area contributed by atoms with Gasteiger partial charge in [0.2, 0.25) is 5.89 Å². The summed E-state index contributed by atoms with van der Waals surface area (Å²) in [5.74, 6) is 0.981. The number of nitrogens with zero attached hydrogens (tertiary/aromatic N) is 6. The molecule has 3 rings (SSSR count). The average Bonchev–Trinajstić information content (AvgIpc) is 3.19. The van der Waals surface area contributed by atoms with Gasteiger partial charge in [-0.2, -0.15) is 10.2 Å². The van der Waals surface area contributed by atoms with Crippen LogP contribution in [-0.2, 0) is 6.54 Å². The van der Waals surface area contributed by atoms with Gasteiger partial charge in [0.1, 0.15) is 6.54 Å². The van der Waals surface area contributed by atoms with Crippen LogP contribution in [0.1, 0.15) is 35.7 Å². The topological polar surface area (TPSA) is 93.4 Å². The monoisotopic (exact) mass is 280 g/mol. The highest BCUT2D eigenvalue weighted by Gasteiger charge is 2.17. The molecule has 0 saturated carbocycles. The zero-order chi connectivity index (χ0) is 14.7. The third-order valence-electron chi connectivity index (χ3n) is 3.15. The Kier molecular flexibility index (Phi) is 3.43. The van der Waals surface area contributed by atoms with E-state index in [0.717, 1.165) is 5.56 Å². The minimum atomic E-state index is -0.0738. The largest absolute Gasteiger partial charge is 0.339 e. The molecule has 104 valence electrons. The lowest BCUT2D eigenvalue weighted by atomic mass is 9.99. The quantitative estimate of drug-likeness (QED) is 0.722. The highest BCUT2D eigenvalue weighted by atomic mass is 16.5. The van der Waals surface area contributed by atoms with Crippen molar-refractivity contribution in [3.63, 3.8) is 0 Å². The van der Waals surface area contributed by atoms with E-state index in [1.54, 1.807) is 23.1 Å². The molecule has 0 N–H and O–H groups in total. The fourth-order valence-corrected chi connectivity index (χ4v) is 1.99. The molecule has 1 unspecified atom stereocenters. The summed E-state index contributed by atoms with van der Waals surface area (Å²) in [6.07, 6.45) is 3.33. The number of hydrogen-bond acceptors (Lipinski definition) is 6. The molecule has 1 atom stereocenters. The SMILES string of the molecule is CC(c1cccc(C#N)c1)c1nc(Cn2ccnn2)no1. The van der Waals surface area contributed by atoms with Crippen molar-refractivity contribution < 1.29 is 4.52 Å². The Bertz CT molecular complexity index is 771. The van der Waals surface area contributed by atoms with Gasteiger partial charge in [-0.25, -0.2) is 4.68 Å². The molecule has 21 heavy (non-hydrogen) atoms. The first kappa shape index (κ1) is 13.0. The second-order valence-electron chi connectivity index (χ2n) is 4.61. The van der Waals surface area contributed by atoms with E-state index in [0.29, 0.717) is 23.8 Å². The third kappa shape index (κ3) is 2.79. The zero-order valence-corrected chi connectivity index (χ0v) is 11.3. The van der Waals surface area contributed by atoms with Gasteiger partial charge in [-0.3, -0.25) is 0 Å². The molecule has 0 aliphatic heterocycles. The Morgan fingerprint density at radius 2 is 2.33 bits per heavy atom. The van der Waals surface area contributed by atoms with Crippen LogP contribution in [0.5, 0.6) is 0 Å². The molecule has 0 amide bonds. The summed E-state index contributed by atoms with van der Waals surface area (Å²) in [7, 11) is 0. The van der Waals surface area contributed by atoms with Gasteiger partial charge in [0.15, 0.2) is 5.82 Å². The van der Waals surface area contributed by atoms with Crippen LogP contribution in [0.25, 0.3) is 0 Å². The van der Waals surface area contributed by atoms with E-state index >= 15 is 0 Å². The minimum absolute atomic E-state index is 0.0738. The minimum Gasteiger partial charge on any atom is -0.339 e. The van der Waals surface area contributed by atoms with Gasteiger partial charge in [0.05, 0.1) is 23.7 Å². The van der Waals surface area contributed by atoms with Gasteiger partial charge in [-0.1, -0.05) is 22.5 Å². The molecule has 0 radical (unpaired) electrons. The van der Waals surface area contributed by atoms with E-state index in [2.05, 4.69) is 26.5 Å². The molecule has 0 spiro atoms. The Morgan fingerprint density at radius 3 is 3.10 bits per heavy atom. The smallest absolute Gasteiger partial charge is 0.233 e. The summed E-state index contributed by atoms with van der Waals surface area (Å²) in [5, 5.41) is 20.5.